The van der Waals surface area contributed by atoms with Crippen molar-refractivity contribution in [2.75, 3.05) is 7.11 Å². The number of esters is 3. The summed E-state index contributed by atoms with van der Waals surface area (Å²) in [7, 11) is 1.35. The van der Waals surface area contributed by atoms with Crippen molar-refractivity contribution >= 4 is 17.9 Å². The van der Waals surface area contributed by atoms with Crippen LogP contribution in [-0.2, 0) is 47.5 Å². The Kier molecular flexibility index (Phi) is 5.43. The molecule has 2 heterocycles. The maximum Gasteiger partial charge on any atom is 0.305 e. The van der Waals surface area contributed by atoms with Crippen LogP contribution in [-0.4, -0.2) is 61.9 Å². The van der Waals surface area contributed by atoms with Crippen molar-refractivity contribution in [3.05, 3.63) is 0 Å². The average molecular weight is 348 g/mol. The van der Waals surface area contributed by atoms with Crippen molar-refractivity contribution in [1.82, 2.24) is 0 Å². The number of hydrogen-bond acceptors (Lipinski definition) is 10. The van der Waals surface area contributed by atoms with Crippen LogP contribution in [0.1, 0.15) is 27.7 Å². The van der Waals surface area contributed by atoms with E-state index in [9.17, 15) is 14.4 Å². The van der Waals surface area contributed by atoms with Gasteiger partial charge in [0.1, 0.15) is 0 Å². The van der Waals surface area contributed by atoms with Gasteiger partial charge < -0.3 is 28.4 Å². The lowest BCUT2D eigenvalue weighted by Crippen LogP contribution is -2.60. The Balaban J connectivity index is 2.33. The Bertz CT molecular complexity index is 520. The van der Waals surface area contributed by atoms with Gasteiger partial charge in [-0.2, -0.15) is 0 Å². The molecule has 0 aliphatic carbocycles. The highest BCUT2D eigenvalue weighted by atomic mass is 17.0. The largest absolute Gasteiger partial charge is 0.455 e. The van der Waals surface area contributed by atoms with Gasteiger partial charge in [0.15, 0.2) is 18.5 Å². The van der Waals surface area contributed by atoms with E-state index in [0.717, 1.165) is 13.8 Å². The van der Waals surface area contributed by atoms with Crippen LogP contribution in [0.2, 0.25) is 0 Å². The second-order valence-electron chi connectivity index (χ2n) is 5.40. The zero-order chi connectivity index (χ0) is 18.1. The molecule has 10 heteroatoms. The van der Waals surface area contributed by atoms with Crippen LogP contribution in [0, 0.1) is 0 Å². The van der Waals surface area contributed by atoms with E-state index in [0.29, 0.717) is 0 Å². The van der Waals surface area contributed by atoms with Crippen molar-refractivity contribution in [3.8, 4) is 0 Å². The third kappa shape index (κ3) is 4.01. The number of carbonyl (C=O) groups excluding carboxylic acids is 3. The third-order valence-electron chi connectivity index (χ3n) is 3.39. The highest BCUT2D eigenvalue weighted by Crippen LogP contribution is 2.39. The molecular weight excluding hydrogens is 328 g/mol. The molecule has 0 aromatic carbocycles. The van der Waals surface area contributed by atoms with Crippen LogP contribution in [0.4, 0.5) is 0 Å². The summed E-state index contributed by atoms with van der Waals surface area (Å²) in [5.41, 5.74) is 0. The minimum atomic E-state index is -1.46. The van der Waals surface area contributed by atoms with E-state index < -0.39 is 54.8 Å². The fraction of sp³-hybridized carbons (Fsp3) is 0.786. The topological polar surface area (TPSA) is 116 Å². The minimum absolute atomic E-state index is 0.644. The monoisotopic (exact) mass is 348 g/mol. The Morgan fingerprint density at radius 1 is 0.875 bits per heavy atom. The molecule has 0 saturated carbocycles. The van der Waals surface area contributed by atoms with Crippen LogP contribution in [0.15, 0.2) is 0 Å². The van der Waals surface area contributed by atoms with Gasteiger partial charge in [0.05, 0.1) is 0 Å². The van der Waals surface area contributed by atoms with Crippen LogP contribution in [0.5, 0.6) is 0 Å². The zero-order valence-corrected chi connectivity index (χ0v) is 14.0. The van der Waals surface area contributed by atoms with E-state index in [4.69, 9.17) is 33.2 Å². The molecule has 6 atom stereocenters. The molecule has 2 aliphatic heterocycles. The zero-order valence-electron chi connectivity index (χ0n) is 14.0. The molecule has 0 bridgehead atoms. The Morgan fingerprint density at radius 2 is 1.42 bits per heavy atom. The summed E-state index contributed by atoms with van der Waals surface area (Å²) in [5.74, 6) is -3.45. The predicted octanol–water partition coefficient (Wildman–Crippen LogP) is -0.169. The maximum absolute atomic E-state index is 11.5. The number of carbonyl (C=O) groups is 3. The Labute approximate surface area is 138 Å². The van der Waals surface area contributed by atoms with Crippen molar-refractivity contribution < 1.29 is 47.5 Å². The van der Waals surface area contributed by atoms with E-state index in [-0.39, 0.29) is 0 Å². The summed E-state index contributed by atoms with van der Waals surface area (Å²) in [4.78, 5) is 34.1. The fourth-order valence-electron chi connectivity index (χ4n) is 2.48. The summed E-state index contributed by atoms with van der Waals surface area (Å²) in [6.45, 7) is 4.99. The molecule has 0 aromatic heterocycles. The molecule has 0 spiro atoms. The van der Waals surface area contributed by atoms with Gasteiger partial charge in [-0.25, -0.2) is 0 Å². The van der Waals surface area contributed by atoms with Crippen molar-refractivity contribution in [1.29, 1.82) is 0 Å². The van der Waals surface area contributed by atoms with Crippen molar-refractivity contribution in [2.45, 2.75) is 64.6 Å². The van der Waals surface area contributed by atoms with Gasteiger partial charge in [-0.15, -0.1) is 0 Å². The van der Waals surface area contributed by atoms with Crippen molar-refractivity contribution in [3.63, 3.8) is 0 Å². The van der Waals surface area contributed by atoms with Gasteiger partial charge >= 0.3 is 17.9 Å². The first-order valence-electron chi connectivity index (χ1n) is 7.23. The molecule has 0 radical (unpaired) electrons. The number of fused-ring (bicyclic) bond motifs is 1. The molecule has 2 rings (SSSR count). The van der Waals surface area contributed by atoms with Crippen LogP contribution in [0.3, 0.4) is 0 Å². The molecule has 24 heavy (non-hydrogen) atoms. The summed E-state index contributed by atoms with van der Waals surface area (Å²) in [6, 6.07) is 0. The van der Waals surface area contributed by atoms with Gasteiger partial charge in [-0.05, 0) is 0 Å². The van der Waals surface area contributed by atoms with Crippen molar-refractivity contribution in [2.24, 2.45) is 0 Å². The predicted molar refractivity (Wildman–Crippen MR) is 72.9 cm³/mol. The summed E-state index contributed by atoms with van der Waals surface area (Å²) in [5, 5.41) is 0. The van der Waals surface area contributed by atoms with Gasteiger partial charge in [0, 0.05) is 34.8 Å². The van der Waals surface area contributed by atoms with E-state index in [1.165, 1.54) is 21.0 Å². The first kappa shape index (κ1) is 18.6. The molecule has 2 fully saturated rings. The number of hydrogen-bond donors (Lipinski definition) is 0. The summed E-state index contributed by atoms with van der Waals surface area (Å²) < 4.78 is 37.1. The summed E-state index contributed by atoms with van der Waals surface area (Å²) >= 11 is 0. The lowest BCUT2D eigenvalue weighted by atomic mass is 10.0. The molecule has 0 amide bonds. The molecule has 2 saturated heterocycles. The lowest BCUT2D eigenvalue weighted by molar-refractivity contribution is -0.344. The molecule has 10 nitrogen and oxygen atoms in total. The molecular formula is C14H20O10. The smallest absolute Gasteiger partial charge is 0.305 e. The highest BCUT2D eigenvalue weighted by molar-refractivity contribution is 5.68. The maximum atomic E-state index is 11.5. The van der Waals surface area contributed by atoms with E-state index in [2.05, 4.69) is 0 Å². The second kappa shape index (κ2) is 7.01. The molecule has 0 aromatic rings. The van der Waals surface area contributed by atoms with Gasteiger partial charge in [-0.3, -0.25) is 19.1 Å². The number of rotatable bonds is 4. The van der Waals surface area contributed by atoms with E-state index in [1.54, 1.807) is 0 Å². The van der Waals surface area contributed by atoms with E-state index >= 15 is 0 Å². The van der Waals surface area contributed by atoms with Gasteiger partial charge in [0.2, 0.25) is 12.4 Å². The SMILES string of the molecule is COC1(C)OC2C(OC(C)=O)[C@@H](OC(C)=O)C(OC(C)=O)O[C@H]2O1. The lowest BCUT2D eigenvalue weighted by Gasteiger charge is -2.40. The molecule has 4 unspecified atom stereocenters. The average Bonchev–Trinajstić information content (AvgIpc) is 2.78. The quantitative estimate of drug-likeness (QED) is 0.501. The molecule has 0 N–H and O–H groups in total. The fourth-order valence-corrected chi connectivity index (χ4v) is 2.48. The third-order valence-corrected chi connectivity index (χ3v) is 3.39. The van der Waals surface area contributed by atoms with Gasteiger partial charge in [0.25, 0.3) is 5.97 Å². The molecule has 136 valence electrons. The van der Waals surface area contributed by atoms with Crippen LogP contribution in [0.25, 0.3) is 0 Å². The van der Waals surface area contributed by atoms with Crippen LogP contribution < -0.4 is 0 Å². The summed E-state index contributed by atoms with van der Waals surface area (Å²) in [6.07, 6.45) is -5.68. The highest BCUT2D eigenvalue weighted by Gasteiger charge is 2.60. The van der Waals surface area contributed by atoms with Crippen LogP contribution >= 0.6 is 0 Å². The van der Waals surface area contributed by atoms with Gasteiger partial charge in [-0.1, -0.05) is 0 Å². The second-order valence-corrected chi connectivity index (χ2v) is 5.40. The first-order chi connectivity index (χ1) is 11.1. The number of ether oxygens (including phenoxy) is 7. The Morgan fingerprint density at radius 3 is 1.92 bits per heavy atom. The first-order valence-corrected chi connectivity index (χ1v) is 7.23. The van der Waals surface area contributed by atoms with E-state index in [1.807, 2.05) is 0 Å². The Hall–Kier alpha value is -1.75. The number of methoxy groups -OCH3 is 1. The standard InChI is InChI=1S/C14H20O10/c1-6(15)19-9-10(20-7(2)16)12(21-8(3)17)22-13-11(9)23-14(4,18-5)24-13/h9-13H,1-5H3/t9?,10-,11?,12?,13+,14?/m1/s1. The minimum Gasteiger partial charge on any atom is -0.455 e. The molecule has 2 aliphatic rings. The normalized spacial score (nSPS) is 38.1.